The molecule has 5 nitrogen and oxygen atoms in total. The Morgan fingerprint density at radius 1 is 1.19 bits per heavy atom. The third kappa shape index (κ3) is 5.02. The van der Waals surface area contributed by atoms with Crippen LogP contribution >= 0.6 is 0 Å². The number of amides is 1. The maximum atomic E-state index is 11.9. The van der Waals surface area contributed by atoms with Crippen molar-refractivity contribution in [2.75, 3.05) is 50.2 Å². The number of ether oxygens (including phenoxy) is 2. The van der Waals surface area contributed by atoms with Gasteiger partial charge in [-0.2, -0.15) is 0 Å². The summed E-state index contributed by atoms with van der Waals surface area (Å²) in [6.07, 6.45) is 3.71. The van der Waals surface area contributed by atoms with Crippen molar-refractivity contribution in [2.24, 2.45) is 0 Å². The molecule has 0 atom stereocenters. The van der Waals surface area contributed by atoms with Gasteiger partial charge < -0.3 is 19.7 Å². The zero-order valence-corrected chi connectivity index (χ0v) is 12.6. The number of nitrogens with one attached hydrogen (secondary N) is 1. The van der Waals surface area contributed by atoms with Crippen LogP contribution in [0.2, 0.25) is 0 Å². The van der Waals surface area contributed by atoms with Crippen LogP contribution in [-0.4, -0.2) is 45.9 Å². The normalized spacial score (nSPS) is 15.0. The highest BCUT2D eigenvalue weighted by molar-refractivity contribution is 5.95. The van der Waals surface area contributed by atoms with Crippen LogP contribution in [-0.2, 0) is 14.3 Å². The summed E-state index contributed by atoms with van der Waals surface area (Å²) in [5, 5.41) is 2.94. The molecule has 1 heterocycles. The third-order valence-corrected chi connectivity index (χ3v) is 3.54. The van der Waals surface area contributed by atoms with Crippen molar-refractivity contribution in [1.82, 2.24) is 0 Å². The van der Waals surface area contributed by atoms with E-state index in [9.17, 15) is 4.79 Å². The topological polar surface area (TPSA) is 50.8 Å². The van der Waals surface area contributed by atoms with Crippen molar-refractivity contribution in [3.8, 4) is 0 Å². The van der Waals surface area contributed by atoms with Crippen molar-refractivity contribution in [3.63, 3.8) is 0 Å². The van der Waals surface area contributed by atoms with E-state index in [1.165, 1.54) is 19.3 Å². The Balaban J connectivity index is 1.91. The predicted molar refractivity (Wildman–Crippen MR) is 83.8 cm³/mol. The first-order valence-electron chi connectivity index (χ1n) is 7.52. The molecule has 1 saturated heterocycles. The lowest BCUT2D eigenvalue weighted by atomic mass is 10.1. The van der Waals surface area contributed by atoms with Crippen LogP contribution in [0.15, 0.2) is 24.3 Å². The molecule has 0 spiro atoms. The zero-order chi connectivity index (χ0) is 14.9. The van der Waals surface area contributed by atoms with Crippen molar-refractivity contribution < 1.29 is 14.3 Å². The minimum Gasteiger partial charge on any atom is -0.382 e. The number of hydrogen-bond donors (Lipinski definition) is 1. The highest BCUT2D eigenvalue weighted by Crippen LogP contribution is 2.28. The van der Waals surface area contributed by atoms with Crippen molar-refractivity contribution >= 4 is 17.3 Å². The van der Waals surface area contributed by atoms with Gasteiger partial charge in [-0.25, -0.2) is 0 Å². The minimum atomic E-state index is -0.129. The molecule has 1 aromatic carbocycles. The van der Waals surface area contributed by atoms with Gasteiger partial charge in [0, 0.05) is 20.2 Å². The fourth-order valence-electron chi connectivity index (χ4n) is 2.48. The quantitative estimate of drug-likeness (QED) is 0.783. The van der Waals surface area contributed by atoms with Crippen LogP contribution < -0.4 is 10.2 Å². The van der Waals surface area contributed by atoms with E-state index in [-0.39, 0.29) is 12.5 Å². The number of para-hydroxylation sites is 2. The molecular formula is C16H24N2O3. The maximum absolute atomic E-state index is 11.9. The second-order valence-corrected chi connectivity index (χ2v) is 5.16. The van der Waals surface area contributed by atoms with Crippen molar-refractivity contribution in [1.29, 1.82) is 0 Å². The summed E-state index contributed by atoms with van der Waals surface area (Å²) in [5.41, 5.74) is 1.96. The molecule has 1 fully saturated rings. The molecule has 0 unspecified atom stereocenters. The summed E-state index contributed by atoms with van der Waals surface area (Å²) in [4.78, 5) is 14.3. The zero-order valence-electron chi connectivity index (χ0n) is 12.6. The predicted octanol–water partition coefficient (Wildman–Crippen LogP) is 2.28. The molecule has 116 valence electrons. The second-order valence-electron chi connectivity index (χ2n) is 5.16. The summed E-state index contributed by atoms with van der Waals surface area (Å²) >= 11 is 0. The van der Waals surface area contributed by atoms with Gasteiger partial charge in [0.2, 0.25) is 5.91 Å². The van der Waals surface area contributed by atoms with E-state index in [0.29, 0.717) is 13.2 Å². The Morgan fingerprint density at radius 3 is 2.71 bits per heavy atom. The standard InChI is InChI=1S/C16H24N2O3/c1-20-11-12-21-13-16(19)17-14-7-3-4-8-15(14)18-9-5-2-6-10-18/h3-4,7-8H,2,5-6,9-13H2,1H3,(H,17,19). The third-order valence-electron chi connectivity index (χ3n) is 3.54. The molecule has 0 bridgehead atoms. The number of carbonyl (C=O) groups excluding carboxylic acids is 1. The van der Waals surface area contributed by atoms with Gasteiger partial charge in [-0.3, -0.25) is 4.79 Å². The summed E-state index contributed by atoms with van der Waals surface area (Å²) < 4.78 is 10.1. The molecule has 21 heavy (non-hydrogen) atoms. The van der Waals surface area contributed by atoms with Crippen LogP contribution in [0.1, 0.15) is 19.3 Å². The first-order valence-corrected chi connectivity index (χ1v) is 7.52. The summed E-state index contributed by atoms with van der Waals surface area (Å²) in [6.45, 7) is 3.08. The number of rotatable bonds is 7. The lowest BCUT2D eigenvalue weighted by Gasteiger charge is -2.30. The first kappa shape index (κ1) is 15.8. The number of anilines is 2. The van der Waals surface area contributed by atoms with E-state index < -0.39 is 0 Å². The summed E-state index contributed by atoms with van der Waals surface area (Å²) in [5.74, 6) is -0.129. The number of carbonyl (C=O) groups is 1. The maximum Gasteiger partial charge on any atom is 0.250 e. The van der Waals surface area contributed by atoms with Crippen LogP contribution in [0.5, 0.6) is 0 Å². The van der Waals surface area contributed by atoms with Gasteiger partial charge in [-0.15, -0.1) is 0 Å². The Hall–Kier alpha value is -1.59. The molecular weight excluding hydrogens is 268 g/mol. The Morgan fingerprint density at radius 2 is 1.95 bits per heavy atom. The van der Waals surface area contributed by atoms with E-state index in [4.69, 9.17) is 9.47 Å². The smallest absolute Gasteiger partial charge is 0.250 e. The van der Waals surface area contributed by atoms with E-state index in [1.54, 1.807) is 7.11 Å². The number of benzene rings is 1. The number of methoxy groups -OCH3 is 1. The van der Waals surface area contributed by atoms with Crippen LogP contribution in [0.3, 0.4) is 0 Å². The average molecular weight is 292 g/mol. The lowest BCUT2D eigenvalue weighted by molar-refractivity contribution is -0.121. The molecule has 1 aliphatic rings. The lowest BCUT2D eigenvalue weighted by Crippen LogP contribution is -2.30. The van der Waals surface area contributed by atoms with Gasteiger partial charge in [-0.1, -0.05) is 12.1 Å². The van der Waals surface area contributed by atoms with Gasteiger partial charge in [0.05, 0.1) is 24.6 Å². The monoisotopic (exact) mass is 292 g/mol. The highest BCUT2D eigenvalue weighted by Gasteiger charge is 2.15. The van der Waals surface area contributed by atoms with Gasteiger partial charge in [0.15, 0.2) is 0 Å². The number of hydrogen-bond acceptors (Lipinski definition) is 4. The summed E-state index contributed by atoms with van der Waals surface area (Å²) in [6, 6.07) is 7.95. The fraction of sp³-hybridized carbons (Fsp3) is 0.562. The van der Waals surface area contributed by atoms with Crippen LogP contribution in [0.4, 0.5) is 11.4 Å². The first-order chi connectivity index (χ1) is 10.3. The van der Waals surface area contributed by atoms with Gasteiger partial charge >= 0.3 is 0 Å². The molecule has 0 aliphatic carbocycles. The Labute approximate surface area is 126 Å². The Kier molecular flexibility index (Phi) is 6.50. The fourth-order valence-corrected chi connectivity index (χ4v) is 2.48. The molecule has 2 rings (SSSR count). The molecule has 1 aliphatic heterocycles. The SMILES string of the molecule is COCCOCC(=O)Nc1ccccc1N1CCCCC1. The Bertz CT molecular complexity index is 445. The molecule has 5 heteroatoms. The van der Waals surface area contributed by atoms with E-state index in [1.807, 2.05) is 18.2 Å². The summed E-state index contributed by atoms with van der Waals surface area (Å²) in [7, 11) is 1.61. The molecule has 0 radical (unpaired) electrons. The van der Waals surface area contributed by atoms with E-state index >= 15 is 0 Å². The van der Waals surface area contributed by atoms with E-state index in [2.05, 4.69) is 16.3 Å². The molecule has 1 aromatic rings. The molecule has 1 amide bonds. The van der Waals surface area contributed by atoms with Gasteiger partial charge in [0.1, 0.15) is 6.61 Å². The molecule has 1 N–H and O–H groups in total. The minimum absolute atomic E-state index is 0.0533. The number of piperidine rings is 1. The van der Waals surface area contributed by atoms with E-state index in [0.717, 1.165) is 24.5 Å². The van der Waals surface area contributed by atoms with Gasteiger partial charge in [0.25, 0.3) is 0 Å². The number of nitrogens with zero attached hydrogens (tertiary/aromatic N) is 1. The van der Waals surface area contributed by atoms with Crippen molar-refractivity contribution in [2.45, 2.75) is 19.3 Å². The van der Waals surface area contributed by atoms with Crippen LogP contribution in [0.25, 0.3) is 0 Å². The van der Waals surface area contributed by atoms with Gasteiger partial charge in [-0.05, 0) is 31.4 Å². The largest absolute Gasteiger partial charge is 0.382 e. The highest BCUT2D eigenvalue weighted by atomic mass is 16.5. The van der Waals surface area contributed by atoms with Crippen molar-refractivity contribution in [3.05, 3.63) is 24.3 Å². The van der Waals surface area contributed by atoms with Crippen LogP contribution in [0, 0.1) is 0 Å². The average Bonchev–Trinajstić information content (AvgIpc) is 2.53. The second kappa shape index (κ2) is 8.64. The molecule has 0 aromatic heterocycles. The molecule has 0 saturated carbocycles.